The van der Waals surface area contributed by atoms with Crippen molar-refractivity contribution in [1.82, 2.24) is 33.6 Å². The molecule has 1 atom stereocenters. The number of halogens is 1. The number of imidazole rings is 2. The summed E-state index contributed by atoms with van der Waals surface area (Å²) in [7, 11) is 0. The van der Waals surface area contributed by atoms with Crippen LogP contribution in [0.5, 0.6) is 0 Å². The Morgan fingerprint density at radius 1 is 1.06 bits per heavy atom. The van der Waals surface area contributed by atoms with Gasteiger partial charge in [0.05, 0.1) is 35.1 Å². The van der Waals surface area contributed by atoms with Crippen molar-refractivity contribution in [1.29, 1.82) is 0 Å². The molecule has 0 saturated carbocycles. The van der Waals surface area contributed by atoms with E-state index in [0.29, 0.717) is 16.9 Å². The normalized spacial score (nSPS) is 15.7. The van der Waals surface area contributed by atoms with Gasteiger partial charge in [-0.15, -0.1) is 0 Å². The van der Waals surface area contributed by atoms with Crippen molar-refractivity contribution in [3.8, 4) is 17.2 Å². The highest BCUT2D eigenvalue weighted by atomic mass is 19.1. The van der Waals surface area contributed by atoms with Crippen LogP contribution < -0.4 is 11.0 Å². The topological polar surface area (TPSA) is 74.1 Å². The predicted octanol–water partition coefficient (Wildman–Crippen LogP) is 3.42. The van der Waals surface area contributed by atoms with Crippen LogP contribution in [-0.4, -0.2) is 34.8 Å². The minimum atomic E-state index is -0.226. The molecule has 172 valence electrons. The molecule has 6 rings (SSSR count). The van der Waals surface area contributed by atoms with E-state index in [2.05, 4.69) is 17.2 Å². The van der Waals surface area contributed by atoms with Crippen LogP contribution in [0.15, 0.2) is 60.2 Å². The molecule has 1 aromatic carbocycles. The molecule has 1 aliphatic heterocycles. The second-order valence-electron chi connectivity index (χ2n) is 8.85. The number of nitrogens with one attached hydrogen (secondary N) is 1. The highest BCUT2D eigenvalue weighted by Gasteiger charge is 2.29. The molecule has 0 radical (unpaired) electrons. The molecule has 1 aliphatic rings. The van der Waals surface area contributed by atoms with Gasteiger partial charge in [0.2, 0.25) is 0 Å². The Hall–Kier alpha value is -3.98. The van der Waals surface area contributed by atoms with Crippen LogP contribution in [-0.2, 0) is 6.42 Å². The van der Waals surface area contributed by atoms with Gasteiger partial charge in [-0.3, -0.25) is 9.13 Å². The first kappa shape index (κ1) is 20.6. The maximum atomic E-state index is 14.4. The first-order valence-corrected chi connectivity index (χ1v) is 11.3. The molecule has 34 heavy (non-hydrogen) atoms. The van der Waals surface area contributed by atoms with E-state index in [0.717, 1.165) is 41.1 Å². The van der Waals surface area contributed by atoms with Crippen molar-refractivity contribution in [2.45, 2.75) is 33.2 Å². The summed E-state index contributed by atoms with van der Waals surface area (Å²) in [4.78, 5) is 17.8. The largest absolute Gasteiger partial charge is 0.338 e. The second-order valence-corrected chi connectivity index (χ2v) is 8.85. The zero-order valence-corrected chi connectivity index (χ0v) is 19.2. The Labute approximate surface area is 194 Å². The van der Waals surface area contributed by atoms with E-state index < -0.39 is 0 Å². The fraction of sp³-hybridized carbons (Fsp3) is 0.240. The summed E-state index contributed by atoms with van der Waals surface area (Å²) in [6, 6.07) is 7.37. The molecule has 0 amide bonds. The van der Waals surface area contributed by atoms with Crippen LogP contribution in [0.1, 0.15) is 35.3 Å². The van der Waals surface area contributed by atoms with Gasteiger partial charge in [-0.2, -0.15) is 5.10 Å². The van der Waals surface area contributed by atoms with Crippen LogP contribution in [0.4, 0.5) is 4.39 Å². The van der Waals surface area contributed by atoms with E-state index in [1.165, 1.54) is 0 Å². The summed E-state index contributed by atoms with van der Waals surface area (Å²) in [6.07, 6.45) is 9.63. The number of aryl methyl sites for hydroxylation is 2. The molecule has 9 heteroatoms. The van der Waals surface area contributed by atoms with E-state index in [9.17, 15) is 9.18 Å². The average Bonchev–Trinajstić information content (AvgIpc) is 3.53. The van der Waals surface area contributed by atoms with Crippen molar-refractivity contribution < 1.29 is 4.39 Å². The van der Waals surface area contributed by atoms with Crippen LogP contribution >= 0.6 is 0 Å². The van der Waals surface area contributed by atoms with Gasteiger partial charge in [0.1, 0.15) is 11.6 Å². The summed E-state index contributed by atoms with van der Waals surface area (Å²) in [5.74, 6) is 0.449. The molecule has 4 aromatic heterocycles. The molecule has 0 fully saturated rings. The Bertz CT molecular complexity index is 1600. The molecule has 5 aromatic rings. The molecule has 0 saturated heterocycles. The van der Waals surface area contributed by atoms with Crippen LogP contribution in [0.2, 0.25) is 0 Å². The van der Waals surface area contributed by atoms with Crippen molar-refractivity contribution in [3.05, 3.63) is 94.1 Å². The second kappa shape index (κ2) is 7.53. The number of benzene rings is 1. The van der Waals surface area contributed by atoms with Crippen LogP contribution in [0.3, 0.4) is 0 Å². The fourth-order valence-corrected chi connectivity index (χ4v) is 4.85. The standard InChI is InChI=1S/C25H24FN7O/c1-15-10-19(11-16(2)23(15)26)33-24(22-17(3)28-6-4-21(22)29-33)32-9-8-31(25(32)34)18-5-7-30-14-27-13-20(30)12-18/h5,7-14,17,28H,4,6H2,1-3H3/t17-/m0/s1. The number of pyridine rings is 1. The van der Waals surface area contributed by atoms with E-state index >= 15 is 0 Å². The third-order valence-corrected chi connectivity index (χ3v) is 6.57. The Morgan fingerprint density at radius 2 is 1.82 bits per heavy atom. The zero-order valence-electron chi connectivity index (χ0n) is 19.2. The molecular formula is C25H24FN7O. The summed E-state index contributed by atoms with van der Waals surface area (Å²) < 4.78 is 21.3. The third kappa shape index (κ3) is 3.04. The van der Waals surface area contributed by atoms with E-state index in [1.807, 2.05) is 22.7 Å². The minimum absolute atomic E-state index is 0.0218. The van der Waals surface area contributed by atoms with E-state index in [1.54, 1.807) is 64.7 Å². The minimum Gasteiger partial charge on any atom is -0.310 e. The number of nitrogens with zero attached hydrogens (tertiary/aromatic N) is 6. The van der Waals surface area contributed by atoms with Gasteiger partial charge in [-0.05, 0) is 56.2 Å². The van der Waals surface area contributed by atoms with Crippen LogP contribution in [0, 0.1) is 19.7 Å². The monoisotopic (exact) mass is 457 g/mol. The Kier molecular flexibility index (Phi) is 4.56. The smallest absolute Gasteiger partial charge is 0.310 e. The van der Waals surface area contributed by atoms with Gasteiger partial charge >= 0.3 is 5.69 Å². The Balaban J connectivity index is 1.58. The van der Waals surface area contributed by atoms with Crippen molar-refractivity contribution in [2.24, 2.45) is 0 Å². The summed E-state index contributed by atoms with van der Waals surface area (Å²) in [5.41, 5.74) is 5.18. The molecule has 0 spiro atoms. The first-order chi connectivity index (χ1) is 16.4. The van der Waals surface area contributed by atoms with Gasteiger partial charge in [0.25, 0.3) is 0 Å². The summed E-state index contributed by atoms with van der Waals surface area (Å²) in [5, 5.41) is 8.37. The van der Waals surface area contributed by atoms with E-state index in [-0.39, 0.29) is 17.5 Å². The SMILES string of the molecule is Cc1cc(-n2nc3c(c2-n2ccn(-c4ccn5cncc5c4)c2=O)[C@H](C)NCC3)cc(C)c1F. The lowest BCUT2D eigenvalue weighted by molar-refractivity contribution is 0.536. The highest BCUT2D eigenvalue weighted by Crippen LogP contribution is 2.31. The number of hydrogen-bond acceptors (Lipinski definition) is 4. The third-order valence-electron chi connectivity index (χ3n) is 6.57. The summed E-state index contributed by atoms with van der Waals surface area (Å²) in [6.45, 7) is 6.38. The van der Waals surface area contributed by atoms with Crippen molar-refractivity contribution in [3.63, 3.8) is 0 Å². The van der Waals surface area contributed by atoms with Gasteiger partial charge in [-0.25, -0.2) is 18.9 Å². The van der Waals surface area contributed by atoms with E-state index in [4.69, 9.17) is 5.10 Å². The van der Waals surface area contributed by atoms with Gasteiger partial charge in [0, 0.05) is 43.2 Å². The quantitative estimate of drug-likeness (QED) is 0.451. The molecule has 8 nitrogen and oxygen atoms in total. The number of aromatic nitrogens is 6. The lowest BCUT2D eigenvalue weighted by Crippen LogP contribution is -2.30. The Morgan fingerprint density at radius 3 is 2.62 bits per heavy atom. The lowest BCUT2D eigenvalue weighted by atomic mass is 10.0. The number of rotatable bonds is 3. The lowest BCUT2D eigenvalue weighted by Gasteiger charge is -2.21. The van der Waals surface area contributed by atoms with Crippen molar-refractivity contribution >= 4 is 5.52 Å². The van der Waals surface area contributed by atoms with Crippen LogP contribution in [0.25, 0.3) is 22.7 Å². The number of fused-ring (bicyclic) bond motifs is 2. The maximum Gasteiger partial charge on any atom is 0.338 e. The first-order valence-electron chi connectivity index (χ1n) is 11.3. The summed E-state index contributed by atoms with van der Waals surface area (Å²) >= 11 is 0. The zero-order chi connectivity index (χ0) is 23.6. The molecule has 0 unspecified atom stereocenters. The van der Waals surface area contributed by atoms with Crippen molar-refractivity contribution in [2.75, 3.05) is 6.54 Å². The van der Waals surface area contributed by atoms with Gasteiger partial charge in [-0.1, -0.05) is 0 Å². The predicted molar refractivity (Wildman–Crippen MR) is 127 cm³/mol. The molecular weight excluding hydrogens is 433 g/mol. The molecule has 5 heterocycles. The average molecular weight is 458 g/mol. The fourth-order valence-electron chi connectivity index (χ4n) is 4.85. The molecule has 0 aliphatic carbocycles. The highest BCUT2D eigenvalue weighted by molar-refractivity contribution is 5.53. The van der Waals surface area contributed by atoms with Gasteiger partial charge in [0.15, 0.2) is 0 Å². The molecule has 0 bridgehead atoms. The van der Waals surface area contributed by atoms with Gasteiger partial charge < -0.3 is 9.72 Å². The number of hydrogen-bond donors (Lipinski definition) is 1. The maximum absolute atomic E-state index is 14.4. The molecule has 1 N–H and O–H groups in total.